The molecule has 26 heavy (non-hydrogen) atoms. The Morgan fingerprint density at radius 1 is 1.12 bits per heavy atom. The van der Waals surface area contributed by atoms with Gasteiger partial charge in [-0.3, -0.25) is 0 Å². The van der Waals surface area contributed by atoms with E-state index in [9.17, 15) is 4.79 Å². The number of ether oxygens (including phenoxy) is 3. The molecule has 0 radical (unpaired) electrons. The fourth-order valence-electron chi connectivity index (χ4n) is 4.02. The SMILES string of the molecule is COCCO[C@@H]1CCCN(C[C@H]2CCCCC2NC(=O)OC(C)(C)C)C1. The van der Waals surface area contributed by atoms with Crippen LogP contribution in [-0.2, 0) is 14.2 Å². The van der Waals surface area contributed by atoms with Gasteiger partial charge in [0.2, 0.25) is 0 Å². The van der Waals surface area contributed by atoms with Crippen LogP contribution >= 0.6 is 0 Å². The first-order valence-corrected chi connectivity index (χ1v) is 10.2. The monoisotopic (exact) mass is 370 g/mol. The Morgan fingerprint density at radius 2 is 1.88 bits per heavy atom. The lowest BCUT2D eigenvalue weighted by molar-refractivity contribution is -0.0257. The summed E-state index contributed by atoms with van der Waals surface area (Å²) in [5.74, 6) is 0.494. The predicted molar refractivity (Wildman–Crippen MR) is 102 cm³/mol. The van der Waals surface area contributed by atoms with Crippen molar-refractivity contribution < 1.29 is 19.0 Å². The second-order valence-electron chi connectivity index (χ2n) is 8.68. The van der Waals surface area contributed by atoms with Crippen molar-refractivity contribution in [1.82, 2.24) is 10.2 Å². The molecule has 1 saturated heterocycles. The van der Waals surface area contributed by atoms with Crippen molar-refractivity contribution in [3.8, 4) is 0 Å². The van der Waals surface area contributed by atoms with Crippen molar-refractivity contribution in [3.05, 3.63) is 0 Å². The van der Waals surface area contributed by atoms with E-state index >= 15 is 0 Å². The summed E-state index contributed by atoms with van der Waals surface area (Å²) in [5.41, 5.74) is -0.451. The number of hydrogen-bond acceptors (Lipinski definition) is 5. The van der Waals surface area contributed by atoms with Crippen LogP contribution in [0, 0.1) is 5.92 Å². The van der Waals surface area contributed by atoms with E-state index in [4.69, 9.17) is 14.2 Å². The Bertz CT molecular complexity index is 425. The molecule has 1 heterocycles. The maximum Gasteiger partial charge on any atom is 0.407 e. The standard InChI is InChI=1S/C20H38N2O4/c1-20(2,3)26-19(23)21-18-10-6-5-8-16(18)14-22-11-7-9-17(15-22)25-13-12-24-4/h16-18H,5-15H2,1-4H3,(H,21,23)/t16-,17-,18?/m1/s1. The Balaban J connectivity index is 1.82. The average molecular weight is 371 g/mol. The highest BCUT2D eigenvalue weighted by molar-refractivity contribution is 5.68. The van der Waals surface area contributed by atoms with Crippen LogP contribution in [0.25, 0.3) is 0 Å². The summed E-state index contributed by atoms with van der Waals surface area (Å²) < 4.78 is 16.5. The lowest BCUT2D eigenvalue weighted by Gasteiger charge is -2.39. The van der Waals surface area contributed by atoms with E-state index in [2.05, 4.69) is 10.2 Å². The number of amides is 1. The Kier molecular flexibility index (Phi) is 8.64. The fourth-order valence-corrected chi connectivity index (χ4v) is 4.02. The number of nitrogens with one attached hydrogen (secondary N) is 1. The van der Waals surface area contributed by atoms with Crippen molar-refractivity contribution in [3.63, 3.8) is 0 Å². The maximum atomic E-state index is 12.2. The molecule has 2 rings (SSSR count). The normalized spacial score (nSPS) is 27.9. The molecule has 0 spiro atoms. The maximum absolute atomic E-state index is 12.2. The predicted octanol–water partition coefficient (Wildman–Crippen LogP) is 3.20. The lowest BCUT2D eigenvalue weighted by Crippen LogP contribution is -2.50. The molecule has 1 aliphatic carbocycles. The largest absolute Gasteiger partial charge is 0.444 e. The third-order valence-corrected chi connectivity index (χ3v) is 5.21. The first-order chi connectivity index (χ1) is 12.4. The minimum atomic E-state index is -0.451. The van der Waals surface area contributed by atoms with Crippen molar-refractivity contribution in [2.75, 3.05) is 40.0 Å². The number of rotatable bonds is 7. The van der Waals surface area contributed by atoms with Gasteiger partial charge in [0, 0.05) is 26.2 Å². The van der Waals surface area contributed by atoms with E-state index < -0.39 is 5.60 Å². The van der Waals surface area contributed by atoms with Crippen LogP contribution in [0.5, 0.6) is 0 Å². The van der Waals surface area contributed by atoms with Gasteiger partial charge in [0.05, 0.1) is 19.3 Å². The van der Waals surface area contributed by atoms with Gasteiger partial charge in [-0.1, -0.05) is 12.8 Å². The summed E-state index contributed by atoms with van der Waals surface area (Å²) in [5, 5.41) is 3.13. The van der Waals surface area contributed by atoms with Gasteiger partial charge >= 0.3 is 6.09 Å². The van der Waals surface area contributed by atoms with Gasteiger partial charge in [0.1, 0.15) is 5.60 Å². The number of likely N-dealkylation sites (tertiary alicyclic amines) is 1. The molecular formula is C20H38N2O4. The molecule has 1 amide bonds. The van der Waals surface area contributed by atoms with Crippen molar-refractivity contribution in [2.24, 2.45) is 5.92 Å². The lowest BCUT2D eigenvalue weighted by atomic mass is 9.84. The van der Waals surface area contributed by atoms with Crippen LogP contribution < -0.4 is 5.32 Å². The molecule has 0 aromatic heterocycles. The van der Waals surface area contributed by atoms with Crippen LogP contribution in [0.15, 0.2) is 0 Å². The van der Waals surface area contributed by atoms with Crippen molar-refractivity contribution in [1.29, 1.82) is 0 Å². The molecule has 1 N–H and O–H groups in total. The number of methoxy groups -OCH3 is 1. The quantitative estimate of drug-likeness (QED) is 0.698. The summed E-state index contributed by atoms with van der Waals surface area (Å²) in [6.45, 7) is 10.2. The first-order valence-electron chi connectivity index (χ1n) is 10.2. The van der Waals surface area contributed by atoms with Gasteiger partial charge in [-0.15, -0.1) is 0 Å². The van der Waals surface area contributed by atoms with Crippen molar-refractivity contribution in [2.45, 2.75) is 77.0 Å². The molecule has 1 saturated carbocycles. The molecule has 0 aromatic carbocycles. The van der Waals surface area contributed by atoms with Crippen LogP contribution in [0.2, 0.25) is 0 Å². The Labute approximate surface area is 158 Å². The molecule has 2 aliphatic rings. The van der Waals surface area contributed by atoms with E-state index in [0.29, 0.717) is 25.2 Å². The minimum Gasteiger partial charge on any atom is -0.444 e. The number of alkyl carbamates (subject to hydrolysis) is 1. The molecule has 6 nitrogen and oxygen atoms in total. The van der Waals surface area contributed by atoms with Crippen LogP contribution in [0.4, 0.5) is 4.79 Å². The zero-order valence-electron chi connectivity index (χ0n) is 17.1. The second-order valence-corrected chi connectivity index (χ2v) is 8.68. The van der Waals surface area contributed by atoms with Gasteiger partial charge < -0.3 is 24.4 Å². The van der Waals surface area contributed by atoms with E-state index in [-0.39, 0.29) is 12.1 Å². The summed E-state index contributed by atoms with van der Waals surface area (Å²) in [4.78, 5) is 14.7. The second kappa shape index (κ2) is 10.5. The Morgan fingerprint density at radius 3 is 2.62 bits per heavy atom. The van der Waals surface area contributed by atoms with Crippen LogP contribution in [0.1, 0.15) is 59.3 Å². The van der Waals surface area contributed by atoms with E-state index in [0.717, 1.165) is 32.5 Å². The zero-order valence-corrected chi connectivity index (χ0v) is 17.1. The van der Waals surface area contributed by atoms with Gasteiger partial charge in [-0.25, -0.2) is 4.79 Å². The van der Waals surface area contributed by atoms with Crippen LogP contribution in [-0.4, -0.2) is 68.7 Å². The van der Waals surface area contributed by atoms with Crippen molar-refractivity contribution >= 4 is 6.09 Å². The summed E-state index contributed by atoms with van der Waals surface area (Å²) in [7, 11) is 1.71. The fraction of sp³-hybridized carbons (Fsp3) is 0.950. The summed E-state index contributed by atoms with van der Waals surface area (Å²) in [6.07, 6.45) is 6.98. The Hall–Kier alpha value is -0.850. The van der Waals surface area contributed by atoms with E-state index in [1.54, 1.807) is 7.11 Å². The number of hydrogen-bond donors (Lipinski definition) is 1. The molecule has 0 bridgehead atoms. The molecule has 0 aromatic rings. The van der Waals surface area contributed by atoms with Crippen LogP contribution in [0.3, 0.4) is 0 Å². The zero-order chi connectivity index (χ0) is 19.0. The molecule has 2 fully saturated rings. The number of carbonyl (C=O) groups is 1. The van der Waals surface area contributed by atoms with E-state index in [1.165, 1.54) is 25.7 Å². The summed E-state index contributed by atoms with van der Waals surface area (Å²) >= 11 is 0. The highest BCUT2D eigenvalue weighted by Crippen LogP contribution is 2.27. The molecule has 3 atom stereocenters. The van der Waals surface area contributed by atoms with E-state index in [1.807, 2.05) is 20.8 Å². The smallest absolute Gasteiger partial charge is 0.407 e. The van der Waals surface area contributed by atoms with Gasteiger partial charge in [0.25, 0.3) is 0 Å². The topological polar surface area (TPSA) is 60.0 Å². The van der Waals surface area contributed by atoms with Gasteiger partial charge in [0.15, 0.2) is 0 Å². The third-order valence-electron chi connectivity index (χ3n) is 5.21. The number of carbonyl (C=O) groups excluding carboxylic acids is 1. The highest BCUT2D eigenvalue weighted by atomic mass is 16.6. The highest BCUT2D eigenvalue weighted by Gasteiger charge is 2.31. The van der Waals surface area contributed by atoms with Gasteiger partial charge in [-0.2, -0.15) is 0 Å². The first kappa shape index (κ1) is 21.5. The molecule has 1 aliphatic heterocycles. The number of piperidine rings is 1. The molecule has 152 valence electrons. The molecule has 1 unspecified atom stereocenters. The summed E-state index contributed by atoms with van der Waals surface area (Å²) in [6, 6.07) is 0.216. The number of nitrogens with zero attached hydrogens (tertiary/aromatic N) is 1. The third kappa shape index (κ3) is 7.80. The minimum absolute atomic E-state index is 0.216. The molecule has 6 heteroatoms. The molecular weight excluding hydrogens is 332 g/mol. The van der Waals surface area contributed by atoms with Gasteiger partial charge in [-0.05, 0) is 58.9 Å². The average Bonchev–Trinajstić information content (AvgIpc) is 2.56.